The normalized spacial score (nSPS) is 9.21. The molecular formula is C9H10N2O3. The van der Waals surface area contributed by atoms with Crippen LogP contribution in [0.4, 0.5) is 5.82 Å². The molecule has 0 aliphatic carbocycles. The number of anilines is 1. The Labute approximate surface area is 81.1 Å². The monoisotopic (exact) mass is 194 g/mol. The van der Waals surface area contributed by atoms with Crippen molar-refractivity contribution in [3.05, 3.63) is 17.8 Å². The summed E-state index contributed by atoms with van der Waals surface area (Å²) in [5.74, 6) is 0.890. The minimum absolute atomic E-state index is 0.0310. The van der Waals surface area contributed by atoms with Crippen molar-refractivity contribution >= 4 is 18.4 Å². The van der Waals surface area contributed by atoms with Gasteiger partial charge in [-0.05, 0) is 12.1 Å². The molecule has 0 unspecified atom stereocenters. The van der Waals surface area contributed by atoms with Crippen LogP contribution >= 0.6 is 0 Å². The summed E-state index contributed by atoms with van der Waals surface area (Å²) in [5, 5.41) is 2.77. The first-order chi connectivity index (χ1) is 6.81. The Balaban J connectivity index is 2.92. The van der Waals surface area contributed by atoms with Crippen molar-refractivity contribution in [2.75, 3.05) is 19.0 Å². The van der Waals surface area contributed by atoms with Crippen molar-refractivity contribution in [2.45, 2.75) is 0 Å². The summed E-state index contributed by atoms with van der Waals surface area (Å²) in [6.07, 6.45) is 1.29. The quantitative estimate of drug-likeness (QED) is 0.692. The van der Waals surface area contributed by atoms with Crippen LogP contribution in [0.25, 0.3) is 0 Å². The number of aromatic nitrogens is 1. The van der Waals surface area contributed by atoms with Gasteiger partial charge in [-0.1, -0.05) is 0 Å². The predicted octanol–water partition coefficient (Wildman–Crippen LogP) is 0.513. The van der Waals surface area contributed by atoms with Crippen LogP contribution in [0.1, 0.15) is 10.5 Å². The number of hydrogen-bond donors (Lipinski definition) is 1. The lowest BCUT2D eigenvalue weighted by atomic mass is 10.3. The molecule has 0 atom stereocenters. The van der Waals surface area contributed by atoms with Crippen molar-refractivity contribution in [3.8, 4) is 5.75 Å². The van der Waals surface area contributed by atoms with Crippen molar-refractivity contribution in [3.63, 3.8) is 0 Å². The molecule has 0 radical (unpaired) electrons. The summed E-state index contributed by atoms with van der Waals surface area (Å²) in [6, 6.07) is 3.11. The van der Waals surface area contributed by atoms with Crippen LogP contribution in [0.15, 0.2) is 12.1 Å². The van der Waals surface area contributed by atoms with Gasteiger partial charge in [-0.2, -0.15) is 0 Å². The van der Waals surface area contributed by atoms with Gasteiger partial charge in [0.2, 0.25) is 0 Å². The van der Waals surface area contributed by atoms with Gasteiger partial charge in [0.05, 0.1) is 0 Å². The van der Waals surface area contributed by atoms with Gasteiger partial charge in [0.1, 0.15) is 12.3 Å². The van der Waals surface area contributed by atoms with Gasteiger partial charge in [0, 0.05) is 7.05 Å². The van der Waals surface area contributed by atoms with Crippen molar-refractivity contribution in [1.82, 2.24) is 4.98 Å². The second-order valence-corrected chi connectivity index (χ2v) is 2.43. The highest BCUT2D eigenvalue weighted by Gasteiger charge is 2.04. The van der Waals surface area contributed by atoms with Gasteiger partial charge in [0.25, 0.3) is 0 Å². The van der Waals surface area contributed by atoms with Crippen LogP contribution < -0.4 is 10.1 Å². The molecule has 5 nitrogen and oxygen atoms in total. The first-order valence-corrected chi connectivity index (χ1v) is 4.02. The summed E-state index contributed by atoms with van der Waals surface area (Å²) in [7, 11) is 1.66. The number of nitrogens with zero attached hydrogens (tertiary/aromatic N) is 1. The summed E-state index contributed by atoms with van der Waals surface area (Å²) in [6.45, 7) is -0.0310. The fraction of sp³-hybridized carbons (Fsp3) is 0.222. The molecule has 0 bridgehead atoms. The molecule has 5 heteroatoms. The Morgan fingerprint density at radius 1 is 1.50 bits per heavy atom. The van der Waals surface area contributed by atoms with Crippen LogP contribution in [0.2, 0.25) is 0 Å². The highest BCUT2D eigenvalue weighted by atomic mass is 16.5. The maximum atomic E-state index is 10.4. The predicted molar refractivity (Wildman–Crippen MR) is 50.7 cm³/mol. The largest absolute Gasteiger partial charge is 0.482 e. The zero-order valence-corrected chi connectivity index (χ0v) is 7.69. The van der Waals surface area contributed by atoms with Crippen LogP contribution in [0.5, 0.6) is 5.75 Å². The molecule has 0 saturated heterocycles. The molecule has 0 fully saturated rings. The SMILES string of the molecule is CNc1nc(C=O)ccc1OCC=O. The van der Waals surface area contributed by atoms with Crippen molar-refractivity contribution in [2.24, 2.45) is 0 Å². The first kappa shape index (κ1) is 10.2. The minimum Gasteiger partial charge on any atom is -0.482 e. The van der Waals surface area contributed by atoms with E-state index in [9.17, 15) is 9.59 Å². The van der Waals surface area contributed by atoms with Crippen LogP contribution in [0.3, 0.4) is 0 Å². The zero-order valence-electron chi connectivity index (χ0n) is 7.69. The molecule has 0 amide bonds. The van der Waals surface area contributed by atoms with E-state index in [0.29, 0.717) is 29.8 Å². The van der Waals surface area contributed by atoms with E-state index in [1.165, 1.54) is 6.07 Å². The van der Waals surface area contributed by atoms with E-state index in [0.717, 1.165) is 0 Å². The number of hydrogen-bond acceptors (Lipinski definition) is 5. The van der Waals surface area contributed by atoms with Crippen LogP contribution in [-0.2, 0) is 4.79 Å². The Hall–Kier alpha value is -1.91. The van der Waals surface area contributed by atoms with Gasteiger partial charge in [-0.15, -0.1) is 0 Å². The van der Waals surface area contributed by atoms with Gasteiger partial charge in [0.15, 0.2) is 24.1 Å². The lowest BCUT2D eigenvalue weighted by molar-refractivity contribution is -0.109. The first-order valence-electron chi connectivity index (χ1n) is 4.02. The Morgan fingerprint density at radius 3 is 2.86 bits per heavy atom. The van der Waals surface area contributed by atoms with E-state index in [1.54, 1.807) is 13.1 Å². The van der Waals surface area contributed by atoms with E-state index in [2.05, 4.69) is 10.3 Å². The standard InChI is InChI=1S/C9H10N2O3/c1-10-9-8(14-5-4-12)3-2-7(6-13)11-9/h2-4,6H,5H2,1H3,(H,10,11). The topological polar surface area (TPSA) is 68.3 Å². The van der Waals surface area contributed by atoms with Crippen LogP contribution in [0, 0.1) is 0 Å². The lowest BCUT2D eigenvalue weighted by Crippen LogP contribution is -2.03. The fourth-order valence-corrected chi connectivity index (χ4v) is 0.946. The molecule has 0 aliphatic heterocycles. The maximum absolute atomic E-state index is 10.4. The summed E-state index contributed by atoms with van der Waals surface area (Å²) < 4.78 is 5.07. The smallest absolute Gasteiger partial charge is 0.169 e. The lowest BCUT2D eigenvalue weighted by Gasteiger charge is -2.07. The molecule has 0 aromatic carbocycles. The molecule has 14 heavy (non-hydrogen) atoms. The molecule has 1 aromatic heterocycles. The molecular weight excluding hydrogens is 184 g/mol. The zero-order chi connectivity index (χ0) is 10.4. The second-order valence-electron chi connectivity index (χ2n) is 2.43. The van der Waals surface area contributed by atoms with Crippen molar-refractivity contribution < 1.29 is 14.3 Å². The summed E-state index contributed by atoms with van der Waals surface area (Å²) >= 11 is 0. The van der Waals surface area contributed by atoms with Gasteiger partial charge in [-0.3, -0.25) is 9.59 Å². The number of carbonyl (C=O) groups is 2. The number of pyridine rings is 1. The minimum atomic E-state index is -0.0310. The molecule has 1 rings (SSSR count). The Bertz CT molecular complexity index is 339. The van der Waals surface area contributed by atoms with Crippen molar-refractivity contribution in [1.29, 1.82) is 0 Å². The summed E-state index contributed by atoms with van der Waals surface area (Å²) in [5.41, 5.74) is 0.313. The molecule has 74 valence electrons. The molecule has 0 saturated carbocycles. The molecule has 1 heterocycles. The fourth-order valence-electron chi connectivity index (χ4n) is 0.946. The number of carbonyl (C=O) groups excluding carboxylic acids is 2. The number of ether oxygens (including phenoxy) is 1. The van der Waals surface area contributed by atoms with E-state index in [1.807, 2.05) is 0 Å². The summed E-state index contributed by atoms with van der Waals surface area (Å²) in [4.78, 5) is 24.4. The maximum Gasteiger partial charge on any atom is 0.169 e. The average Bonchev–Trinajstić information content (AvgIpc) is 2.26. The third kappa shape index (κ3) is 2.29. The number of aldehydes is 2. The third-order valence-electron chi connectivity index (χ3n) is 1.54. The van der Waals surface area contributed by atoms with Gasteiger partial charge in [-0.25, -0.2) is 4.98 Å². The molecule has 1 N–H and O–H groups in total. The highest BCUT2D eigenvalue weighted by Crippen LogP contribution is 2.20. The second kappa shape index (κ2) is 4.96. The van der Waals surface area contributed by atoms with Gasteiger partial charge < -0.3 is 10.1 Å². The molecule has 1 aromatic rings. The highest BCUT2D eigenvalue weighted by molar-refractivity contribution is 5.73. The number of rotatable bonds is 5. The molecule has 0 aliphatic rings. The van der Waals surface area contributed by atoms with E-state index in [4.69, 9.17) is 4.74 Å². The Morgan fingerprint density at radius 2 is 2.29 bits per heavy atom. The average molecular weight is 194 g/mol. The number of nitrogens with one attached hydrogen (secondary N) is 1. The molecule has 0 spiro atoms. The van der Waals surface area contributed by atoms with Gasteiger partial charge >= 0.3 is 0 Å². The van der Waals surface area contributed by atoms with Crippen LogP contribution in [-0.4, -0.2) is 31.2 Å². The van der Waals surface area contributed by atoms with E-state index >= 15 is 0 Å². The Kier molecular flexibility index (Phi) is 3.60. The third-order valence-corrected chi connectivity index (χ3v) is 1.54. The van der Waals surface area contributed by atoms with E-state index in [-0.39, 0.29) is 6.61 Å². The van der Waals surface area contributed by atoms with E-state index < -0.39 is 0 Å².